The molecule has 0 fully saturated rings. The van der Waals surface area contributed by atoms with E-state index in [0.717, 1.165) is 0 Å². The standard InChI is InChI=1S/C10H16/c1-5-7-9(3)10(4)8-6-2/h5-8H,1-4H3/b7-5+,8-6+,10-9-. The number of hydrogen-bond donors (Lipinski definition) is 0. The van der Waals surface area contributed by atoms with Crippen LogP contribution in [-0.4, -0.2) is 0 Å². The van der Waals surface area contributed by atoms with Crippen LogP contribution in [-0.2, 0) is 0 Å². The van der Waals surface area contributed by atoms with Gasteiger partial charge in [0.2, 0.25) is 0 Å². The van der Waals surface area contributed by atoms with Crippen molar-refractivity contribution in [1.29, 1.82) is 0 Å². The summed E-state index contributed by atoms with van der Waals surface area (Å²) in [7, 11) is 0. The molecule has 0 aliphatic rings. The van der Waals surface area contributed by atoms with Crippen molar-refractivity contribution in [3.8, 4) is 0 Å². The molecule has 0 saturated carbocycles. The maximum atomic E-state index is 2.12. The van der Waals surface area contributed by atoms with Gasteiger partial charge in [-0.2, -0.15) is 0 Å². The van der Waals surface area contributed by atoms with Crippen LogP contribution in [0.4, 0.5) is 0 Å². The average molecular weight is 136 g/mol. The molecule has 0 bridgehead atoms. The lowest BCUT2D eigenvalue weighted by molar-refractivity contribution is 1.36. The Labute approximate surface area is 64.0 Å². The zero-order valence-electron chi connectivity index (χ0n) is 7.31. The second kappa shape index (κ2) is 5.04. The molecule has 0 heteroatoms. The van der Waals surface area contributed by atoms with E-state index in [-0.39, 0.29) is 0 Å². The van der Waals surface area contributed by atoms with Gasteiger partial charge in [-0.1, -0.05) is 24.3 Å². The van der Waals surface area contributed by atoms with E-state index < -0.39 is 0 Å². The Morgan fingerprint density at radius 3 is 1.30 bits per heavy atom. The molecule has 0 N–H and O–H groups in total. The Balaban J connectivity index is 4.33. The highest BCUT2D eigenvalue weighted by Crippen LogP contribution is 2.05. The smallest absolute Gasteiger partial charge is 0.0395 e. The molecule has 0 atom stereocenters. The molecule has 0 spiro atoms. The minimum atomic E-state index is 1.33. The number of allylic oxidation sites excluding steroid dienone is 6. The summed E-state index contributed by atoms with van der Waals surface area (Å²) in [6.07, 6.45) is 8.36. The summed E-state index contributed by atoms with van der Waals surface area (Å²) in [5.74, 6) is 0. The van der Waals surface area contributed by atoms with Gasteiger partial charge in [-0.3, -0.25) is 0 Å². The largest absolute Gasteiger partial charge is 0.0874 e. The molecule has 0 rings (SSSR count). The fourth-order valence-corrected chi connectivity index (χ4v) is 0.763. The van der Waals surface area contributed by atoms with Crippen molar-refractivity contribution < 1.29 is 0 Å². The highest BCUT2D eigenvalue weighted by atomic mass is 13.9. The van der Waals surface area contributed by atoms with Gasteiger partial charge in [0.25, 0.3) is 0 Å². The predicted octanol–water partition coefficient (Wildman–Crippen LogP) is 3.48. The van der Waals surface area contributed by atoms with Crippen molar-refractivity contribution >= 4 is 0 Å². The topological polar surface area (TPSA) is 0 Å². The summed E-state index contributed by atoms with van der Waals surface area (Å²) in [5, 5.41) is 0. The summed E-state index contributed by atoms with van der Waals surface area (Å²) in [5.41, 5.74) is 2.67. The first-order valence-corrected chi connectivity index (χ1v) is 3.65. The van der Waals surface area contributed by atoms with Crippen molar-refractivity contribution in [2.45, 2.75) is 27.7 Å². The van der Waals surface area contributed by atoms with Gasteiger partial charge >= 0.3 is 0 Å². The second-order valence-corrected chi connectivity index (χ2v) is 2.37. The molecular formula is C10H16. The van der Waals surface area contributed by atoms with E-state index in [4.69, 9.17) is 0 Å². The van der Waals surface area contributed by atoms with Crippen LogP contribution < -0.4 is 0 Å². The van der Waals surface area contributed by atoms with E-state index in [9.17, 15) is 0 Å². The Morgan fingerprint density at radius 2 is 1.10 bits per heavy atom. The van der Waals surface area contributed by atoms with E-state index in [1.54, 1.807) is 0 Å². The second-order valence-electron chi connectivity index (χ2n) is 2.37. The highest BCUT2D eigenvalue weighted by Gasteiger charge is 1.84. The summed E-state index contributed by atoms with van der Waals surface area (Å²) < 4.78 is 0. The normalized spacial score (nSPS) is 14.8. The van der Waals surface area contributed by atoms with Gasteiger partial charge in [0.05, 0.1) is 0 Å². The molecule has 0 aromatic carbocycles. The zero-order valence-corrected chi connectivity index (χ0v) is 7.31. The van der Waals surface area contributed by atoms with E-state index in [1.165, 1.54) is 11.1 Å². The molecule has 0 aliphatic heterocycles. The minimum absolute atomic E-state index is 1.33. The van der Waals surface area contributed by atoms with Crippen LogP contribution in [0, 0.1) is 0 Å². The fourth-order valence-electron chi connectivity index (χ4n) is 0.763. The number of rotatable bonds is 2. The van der Waals surface area contributed by atoms with Crippen molar-refractivity contribution in [3.63, 3.8) is 0 Å². The summed E-state index contributed by atoms with van der Waals surface area (Å²) >= 11 is 0. The third kappa shape index (κ3) is 3.29. The van der Waals surface area contributed by atoms with Gasteiger partial charge in [0.1, 0.15) is 0 Å². The number of hydrogen-bond acceptors (Lipinski definition) is 0. The lowest BCUT2D eigenvalue weighted by Crippen LogP contribution is -1.74. The van der Waals surface area contributed by atoms with E-state index in [0.29, 0.717) is 0 Å². The van der Waals surface area contributed by atoms with Crippen LogP contribution in [0.2, 0.25) is 0 Å². The molecule has 0 unspecified atom stereocenters. The first-order chi connectivity index (χ1) is 4.72. The molecule has 0 nitrogen and oxygen atoms in total. The van der Waals surface area contributed by atoms with Gasteiger partial charge in [0.15, 0.2) is 0 Å². The summed E-state index contributed by atoms with van der Waals surface area (Å²) in [6, 6.07) is 0. The lowest BCUT2D eigenvalue weighted by atomic mass is 10.1. The molecule has 0 aromatic heterocycles. The molecular weight excluding hydrogens is 120 g/mol. The van der Waals surface area contributed by atoms with Gasteiger partial charge in [-0.25, -0.2) is 0 Å². The maximum Gasteiger partial charge on any atom is -0.0395 e. The van der Waals surface area contributed by atoms with Crippen molar-refractivity contribution in [2.75, 3.05) is 0 Å². The van der Waals surface area contributed by atoms with Crippen molar-refractivity contribution in [3.05, 3.63) is 35.5 Å². The van der Waals surface area contributed by atoms with Crippen LogP contribution in [0.3, 0.4) is 0 Å². The lowest BCUT2D eigenvalue weighted by Gasteiger charge is -1.94. The van der Waals surface area contributed by atoms with Crippen LogP contribution in [0.25, 0.3) is 0 Å². The van der Waals surface area contributed by atoms with Crippen molar-refractivity contribution in [2.24, 2.45) is 0 Å². The summed E-state index contributed by atoms with van der Waals surface area (Å²) in [4.78, 5) is 0. The predicted molar refractivity (Wildman–Crippen MR) is 48.0 cm³/mol. The molecule has 0 saturated heterocycles. The van der Waals surface area contributed by atoms with E-state index >= 15 is 0 Å². The monoisotopic (exact) mass is 136 g/mol. The first kappa shape index (κ1) is 9.22. The minimum Gasteiger partial charge on any atom is -0.0874 e. The molecule has 0 aliphatic carbocycles. The maximum absolute atomic E-state index is 2.12. The Morgan fingerprint density at radius 1 is 0.800 bits per heavy atom. The van der Waals surface area contributed by atoms with Gasteiger partial charge < -0.3 is 0 Å². The van der Waals surface area contributed by atoms with E-state index in [2.05, 4.69) is 38.2 Å². The Hall–Kier alpha value is -0.780. The molecule has 56 valence electrons. The van der Waals surface area contributed by atoms with Crippen molar-refractivity contribution in [1.82, 2.24) is 0 Å². The van der Waals surface area contributed by atoms with Crippen LogP contribution in [0.1, 0.15) is 27.7 Å². The zero-order chi connectivity index (χ0) is 7.98. The van der Waals surface area contributed by atoms with Gasteiger partial charge in [-0.05, 0) is 38.8 Å². The Kier molecular flexibility index (Phi) is 4.65. The van der Waals surface area contributed by atoms with Crippen LogP contribution >= 0.6 is 0 Å². The van der Waals surface area contributed by atoms with Gasteiger partial charge in [-0.15, -0.1) is 0 Å². The van der Waals surface area contributed by atoms with E-state index in [1.807, 2.05) is 13.8 Å². The van der Waals surface area contributed by atoms with Crippen LogP contribution in [0.5, 0.6) is 0 Å². The molecule has 0 amide bonds. The third-order valence-corrected chi connectivity index (χ3v) is 1.46. The quantitative estimate of drug-likeness (QED) is 0.510. The average Bonchev–Trinajstić information content (AvgIpc) is 1.89. The highest BCUT2D eigenvalue weighted by molar-refractivity contribution is 5.29. The fraction of sp³-hybridized carbons (Fsp3) is 0.400. The molecule has 0 heterocycles. The third-order valence-electron chi connectivity index (χ3n) is 1.46. The molecule has 10 heavy (non-hydrogen) atoms. The first-order valence-electron chi connectivity index (χ1n) is 3.65. The Bertz CT molecular complexity index is 148. The van der Waals surface area contributed by atoms with Gasteiger partial charge in [0, 0.05) is 0 Å². The van der Waals surface area contributed by atoms with Crippen LogP contribution in [0.15, 0.2) is 35.5 Å². The molecule has 0 aromatic rings. The SMILES string of the molecule is C/C=C/C(C)=C(C)\C=C\C. The molecule has 0 radical (unpaired) electrons. The summed E-state index contributed by atoms with van der Waals surface area (Å²) in [6.45, 7) is 8.31.